The van der Waals surface area contributed by atoms with Crippen LogP contribution in [0.2, 0.25) is 0 Å². The van der Waals surface area contributed by atoms with Gasteiger partial charge in [0.25, 0.3) is 0 Å². The second-order valence-corrected chi connectivity index (χ2v) is 1.86. The van der Waals surface area contributed by atoms with E-state index in [0.717, 1.165) is 6.20 Å². The lowest BCUT2D eigenvalue weighted by molar-refractivity contribution is -0.401. The van der Waals surface area contributed by atoms with Gasteiger partial charge in [0.1, 0.15) is 0 Å². The zero-order chi connectivity index (χ0) is 8.10. The van der Waals surface area contributed by atoms with Crippen LogP contribution in [-0.2, 0) is 0 Å². The van der Waals surface area contributed by atoms with Crippen molar-refractivity contribution in [1.29, 1.82) is 0 Å². The van der Waals surface area contributed by atoms with E-state index < -0.39 is 4.92 Å². The fourth-order valence-electron chi connectivity index (χ4n) is 0.612. The highest BCUT2D eigenvalue weighted by molar-refractivity contribution is 5.85. The van der Waals surface area contributed by atoms with Crippen molar-refractivity contribution in [3.05, 3.63) is 46.4 Å². The van der Waals surface area contributed by atoms with Crippen molar-refractivity contribution < 1.29 is 4.92 Å². The van der Waals surface area contributed by atoms with Gasteiger partial charge in [-0.05, 0) is 12.1 Å². The predicted octanol–water partition coefficient (Wildman–Crippen LogP) is 1.75. The molecule has 0 aromatic carbocycles. The van der Waals surface area contributed by atoms with Gasteiger partial charge < -0.3 is 0 Å². The summed E-state index contributed by atoms with van der Waals surface area (Å²) in [5.41, 5.74) is 0.587. The lowest BCUT2D eigenvalue weighted by atomic mass is 10.3. The molecule has 0 amide bonds. The van der Waals surface area contributed by atoms with Gasteiger partial charge in [0.2, 0.25) is 6.20 Å². The Labute approximate surface area is 75.5 Å². The van der Waals surface area contributed by atoms with Crippen molar-refractivity contribution in [2.75, 3.05) is 0 Å². The number of rotatable bonds is 2. The van der Waals surface area contributed by atoms with Crippen molar-refractivity contribution in [2.24, 2.45) is 0 Å². The Morgan fingerprint density at radius 3 is 2.75 bits per heavy atom. The average molecular weight is 187 g/mol. The van der Waals surface area contributed by atoms with E-state index in [9.17, 15) is 10.1 Å². The molecular weight excluding hydrogens is 180 g/mol. The minimum Gasteiger partial charge on any atom is -0.259 e. The van der Waals surface area contributed by atoms with E-state index in [4.69, 9.17) is 0 Å². The first-order valence-electron chi connectivity index (χ1n) is 3.02. The molecule has 0 bridgehead atoms. The molecule has 1 aromatic rings. The number of hydrogen-bond donors (Lipinski definition) is 0. The summed E-state index contributed by atoms with van der Waals surface area (Å²) in [5.74, 6) is 0. The molecule has 4 nitrogen and oxygen atoms in total. The average Bonchev–Trinajstić information content (AvgIpc) is 2.03. The van der Waals surface area contributed by atoms with Gasteiger partial charge in [-0.3, -0.25) is 15.1 Å². The summed E-state index contributed by atoms with van der Waals surface area (Å²) >= 11 is 0. The maximum absolute atomic E-state index is 9.86. The summed E-state index contributed by atoms with van der Waals surface area (Å²) in [5, 5.41) is 9.86. The third-order valence-electron chi connectivity index (χ3n) is 1.05. The van der Waals surface area contributed by atoms with Gasteiger partial charge in [0.15, 0.2) is 0 Å². The van der Waals surface area contributed by atoms with E-state index in [1.165, 1.54) is 6.08 Å². The van der Waals surface area contributed by atoms with Crippen LogP contribution in [0.5, 0.6) is 0 Å². The van der Waals surface area contributed by atoms with Crippen LogP contribution in [-0.4, -0.2) is 9.91 Å². The maximum Gasteiger partial charge on any atom is 0.236 e. The van der Waals surface area contributed by atoms with Gasteiger partial charge in [-0.25, -0.2) is 0 Å². The minimum absolute atomic E-state index is 0. The smallest absolute Gasteiger partial charge is 0.236 e. The molecule has 0 spiro atoms. The van der Waals surface area contributed by atoms with Crippen LogP contribution < -0.4 is 0 Å². The molecule has 0 unspecified atom stereocenters. The van der Waals surface area contributed by atoms with E-state index in [-0.39, 0.29) is 12.4 Å². The Hall–Kier alpha value is -1.42. The van der Waals surface area contributed by atoms with E-state index in [2.05, 4.69) is 4.98 Å². The molecule has 1 rings (SSSR count). The fourth-order valence-corrected chi connectivity index (χ4v) is 0.612. The molecule has 12 heavy (non-hydrogen) atoms. The molecular formula is C7H7ClN2O2. The molecule has 64 valence electrons. The number of nitrogens with zero attached hydrogens (tertiary/aromatic N) is 2. The summed E-state index contributed by atoms with van der Waals surface area (Å²) in [6.07, 6.45) is 3.79. The third kappa shape index (κ3) is 3.68. The van der Waals surface area contributed by atoms with Crippen LogP contribution in [0.3, 0.4) is 0 Å². The highest BCUT2D eigenvalue weighted by Gasteiger charge is 1.87. The van der Waals surface area contributed by atoms with Crippen LogP contribution in [0, 0.1) is 10.1 Å². The third-order valence-corrected chi connectivity index (χ3v) is 1.05. The molecule has 0 radical (unpaired) electrons. The van der Waals surface area contributed by atoms with Gasteiger partial charge in [-0.2, -0.15) is 0 Å². The van der Waals surface area contributed by atoms with Gasteiger partial charge in [-0.15, -0.1) is 12.4 Å². The summed E-state index contributed by atoms with van der Waals surface area (Å²) in [7, 11) is 0. The molecule has 5 heteroatoms. The molecule has 1 heterocycles. The van der Waals surface area contributed by atoms with E-state index in [0.29, 0.717) is 5.69 Å². The number of halogens is 1. The molecule has 0 fully saturated rings. The Morgan fingerprint density at radius 2 is 2.25 bits per heavy atom. The van der Waals surface area contributed by atoms with Crippen LogP contribution in [0.15, 0.2) is 30.6 Å². The summed E-state index contributed by atoms with van der Waals surface area (Å²) in [6.45, 7) is 0. The topological polar surface area (TPSA) is 56.0 Å². The van der Waals surface area contributed by atoms with Crippen LogP contribution in [0.25, 0.3) is 6.08 Å². The second-order valence-electron chi connectivity index (χ2n) is 1.86. The summed E-state index contributed by atoms with van der Waals surface area (Å²) in [6, 6.07) is 5.22. The molecule has 0 aliphatic carbocycles. The minimum atomic E-state index is -0.519. The molecule has 0 saturated heterocycles. The molecule has 0 aliphatic heterocycles. The molecule has 0 N–H and O–H groups in total. The molecule has 0 saturated carbocycles. The number of hydrogen-bond acceptors (Lipinski definition) is 3. The van der Waals surface area contributed by atoms with Crippen molar-refractivity contribution >= 4 is 18.5 Å². The maximum atomic E-state index is 9.86. The Morgan fingerprint density at radius 1 is 1.50 bits per heavy atom. The highest BCUT2D eigenvalue weighted by atomic mass is 35.5. The lowest BCUT2D eigenvalue weighted by Crippen LogP contribution is -1.83. The number of pyridine rings is 1. The van der Waals surface area contributed by atoms with Gasteiger partial charge >= 0.3 is 0 Å². The van der Waals surface area contributed by atoms with Crippen LogP contribution >= 0.6 is 12.4 Å². The number of aromatic nitrogens is 1. The molecule has 0 aliphatic rings. The van der Waals surface area contributed by atoms with Crippen molar-refractivity contribution in [2.45, 2.75) is 0 Å². The Balaban J connectivity index is 0.00000121. The highest BCUT2D eigenvalue weighted by Crippen LogP contribution is 1.95. The quantitative estimate of drug-likeness (QED) is 0.522. The van der Waals surface area contributed by atoms with Gasteiger partial charge in [0, 0.05) is 12.3 Å². The largest absolute Gasteiger partial charge is 0.259 e. The first-order chi connectivity index (χ1) is 5.29. The fraction of sp³-hybridized carbons (Fsp3) is 0. The van der Waals surface area contributed by atoms with Gasteiger partial charge in [-0.1, -0.05) is 6.07 Å². The predicted molar refractivity (Wildman–Crippen MR) is 47.5 cm³/mol. The monoisotopic (exact) mass is 186 g/mol. The van der Waals surface area contributed by atoms with Gasteiger partial charge in [0.05, 0.1) is 10.6 Å². The standard InChI is InChI=1S/C7H6N2O2.ClH/c10-9(11)6-4-7-3-1-2-5-8-7;/h1-6H;1H/b6-4+;. The van der Waals surface area contributed by atoms with Crippen molar-refractivity contribution in [3.63, 3.8) is 0 Å². The van der Waals surface area contributed by atoms with E-state index >= 15 is 0 Å². The zero-order valence-corrected chi connectivity index (χ0v) is 6.90. The molecule has 0 atom stereocenters. The lowest BCUT2D eigenvalue weighted by Gasteiger charge is -1.85. The summed E-state index contributed by atoms with van der Waals surface area (Å²) in [4.78, 5) is 13.2. The Bertz CT molecular complexity index is 274. The summed E-state index contributed by atoms with van der Waals surface area (Å²) < 4.78 is 0. The SMILES string of the molecule is Cl.O=[N+]([O-])/C=C/c1ccccn1. The second kappa shape index (κ2) is 5.26. The Kier molecular flexibility index (Phi) is 4.64. The first-order valence-corrected chi connectivity index (χ1v) is 3.02. The van der Waals surface area contributed by atoms with Crippen LogP contribution in [0.4, 0.5) is 0 Å². The van der Waals surface area contributed by atoms with Crippen molar-refractivity contribution in [3.8, 4) is 0 Å². The first kappa shape index (κ1) is 10.6. The van der Waals surface area contributed by atoms with Crippen LogP contribution in [0.1, 0.15) is 5.69 Å². The van der Waals surface area contributed by atoms with Crippen molar-refractivity contribution in [1.82, 2.24) is 4.98 Å². The van der Waals surface area contributed by atoms with E-state index in [1.54, 1.807) is 24.4 Å². The normalized spacial score (nSPS) is 9.33. The molecule has 1 aromatic heterocycles. The number of nitro groups is 1. The van der Waals surface area contributed by atoms with E-state index in [1.807, 2.05) is 0 Å². The zero-order valence-electron chi connectivity index (χ0n) is 6.08.